The summed E-state index contributed by atoms with van der Waals surface area (Å²) in [6.45, 7) is 8.65. The molecule has 2 rings (SSSR count). The third-order valence-corrected chi connectivity index (χ3v) is 4.20. The van der Waals surface area contributed by atoms with E-state index in [0.29, 0.717) is 26.1 Å². The van der Waals surface area contributed by atoms with Crippen molar-refractivity contribution >= 4 is 5.78 Å². The van der Waals surface area contributed by atoms with Crippen molar-refractivity contribution in [2.75, 3.05) is 13.2 Å². The summed E-state index contributed by atoms with van der Waals surface area (Å²) in [5, 5.41) is 0. The first kappa shape index (κ1) is 13.5. The molecular formula is C15H22O3. The van der Waals surface area contributed by atoms with E-state index in [4.69, 9.17) is 9.47 Å². The van der Waals surface area contributed by atoms with Gasteiger partial charge in [0, 0.05) is 12.8 Å². The summed E-state index contributed by atoms with van der Waals surface area (Å²) in [7, 11) is 0. The fraction of sp³-hybridized carbons (Fsp3) is 0.667. The highest BCUT2D eigenvalue weighted by Gasteiger charge is 2.59. The van der Waals surface area contributed by atoms with Gasteiger partial charge in [-0.2, -0.15) is 0 Å². The Hall–Kier alpha value is -0.930. The molecule has 3 nitrogen and oxygen atoms in total. The molecule has 1 heterocycles. The molecule has 0 unspecified atom stereocenters. The van der Waals surface area contributed by atoms with Gasteiger partial charge in [-0.3, -0.25) is 4.79 Å². The molecule has 0 amide bonds. The number of carbonyl (C=O) groups excluding carboxylic acids is 1. The number of Topliss-reactive ketones (excluding diaryl/α,β-unsaturated/α-hetero) is 1. The first-order chi connectivity index (χ1) is 8.71. The third kappa shape index (κ3) is 1.95. The van der Waals surface area contributed by atoms with E-state index in [0.717, 1.165) is 25.7 Å². The average Bonchev–Trinajstić information content (AvgIpc) is 2.83. The van der Waals surface area contributed by atoms with Gasteiger partial charge in [0.25, 0.3) is 0 Å². The molecule has 1 atom stereocenters. The largest absolute Gasteiger partial charge is 0.346 e. The van der Waals surface area contributed by atoms with E-state index < -0.39 is 11.2 Å². The van der Waals surface area contributed by atoms with Gasteiger partial charge in [-0.25, -0.2) is 0 Å². The second-order valence-electron chi connectivity index (χ2n) is 5.15. The van der Waals surface area contributed by atoms with Gasteiger partial charge in [0.2, 0.25) is 0 Å². The van der Waals surface area contributed by atoms with Crippen molar-refractivity contribution in [3.8, 4) is 0 Å². The zero-order valence-electron chi connectivity index (χ0n) is 11.0. The Morgan fingerprint density at radius 1 is 1.11 bits per heavy atom. The molecule has 0 aromatic rings. The quantitative estimate of drug-likeness (QED) is 0.704. The van der Waals surface area contributed by atoms with E-state index in [1.165, 1.54) is 0 Å². The van der Waals surface area contributed by atoms with Crippen LogP contribution in [0.15, 0.2) is 25.3 Å². The lowest BCUT2D eigenvalue weighted by molar-refractivity contribution is -0.248. The summed E-state index contributed by atoms with van der Waals surface area (Å²) < 4.78 is 11.8. The lowest BCUT2D eigenvalue weighted by atomic mass is 9.63. The number of allylic oxidation sites excluding steroid dienone is 2. The van der Waals surface area contributed by atoms with Crippen molar-refractivity contribution in [3.05, 3.63) is 25.3 Å². The van der Waals surface area contributed by atoms with Gasteiger partial charge >= 0.3 is 0 Å². The number of hydrogen-bond donors (Lipinski definition) is 0. The van der Waals surface area contributed by atoms with Crippen LogP contribution in [-0.2, 0) is 14.3 Å². The molecule has 0 bridgehead atoms. The second kappa shape index (κ2) is 5.37. The van der Waals surface area contributed by atoms with E-state index in [-0.39, 0.29) is 5.78 Å². The monoisotopic (exact) mass is 250 g/mol. The van der Waals surface area contributed by atoms with E-state index in [1.807, 2.05) is 6.08 Å². The Kier molecular flexibility index (Phi) is 4.03. The molecule has 0 aromatic heterocycles. The molecular weight excluding hydrogens is 228 g/mol. The Balaban J connectivity index is 2.37. The maximum absolute atomic E-state index is 12.6. The Labute approximate surface area is 109 Å². The Morgan fingerprint density at radius 3 is 2.39 bits per heavy atom. The van der Waals surface area contributed by atoms with E-state index >= 15 is 0 Å². The van der Waals surface area contributed by atoms with Gasteiger partial charge in [0.05, 0.1) is 18.6 Å². The molecule has 1 spiro atoms. The summed E-state index contributed by atoms with van der Waals surface area (Å²) >= 11 is 0. The van der Waals surface area contributed by atoms with Gasteiger partial charge in [0.1, 0.15) is 5.78 Å². The van der Waals surface area contributed by atoms with Crippen molar-refractivity contribution in [3.63, 3.8) is 0 Å². The van der Waals surface area contributed by atoms with Crippen LogP contribution < -0.4 is 0 Å². The van der Waals surface area contributed by atoms with Gasteiger partial charge in [-0.15, -0.1) is 13.2 Å². The lowest BCUT2D eigenvalue weighted by Crippen LogP contribution is -2.55. The number of hydrogen-bond acceptors (Lipinski definition) is 3. The number of carbonyl (C=O) groups is 1. The fourth-order valence-electron chi connectivity index (χ4n) is 3.39. The average molecular weight is 250 g/mol. The van der Waals surface area contributed by atoms with Crippen LogP contribution in [0.4, 0.5) is 0 Å². The minimum absolute atomic E-state index is 0.180. The lowest BCUT2D eigenvalue weighted by Gasteiger charge is -2.48. The normalized spacial score (nSPS) is 30.2. The number of ether oxygens (including phenoxy) is 2. The molecule has 1 saturated carbocycles. The molecule has 1 aliphatic carbocycles. The van der Waals surface area contributed by atoms with Crippen molar-refractivity contribution in [2.45, 2.75) is 44.3 Å². The molecule has 1 saturated heterocycles. The highest BCUT2D eigenvalue weighted by Crippen LogP contribution is 2.52. The molecule has 3 heteroatoms. The summed E-state index contributed by atoms with van der Waals surface area (Å²) in [5.74, 6) is -0.529. The van der Waals surface area contributed by atoms with Crippen LogP contribution in [-0.4, -0.2) is 24.8 Å². The smallest absolute Gasteiger partial charge is 0.181 e. The summed E-state index contributed by atoms with van der Waals surface area (Å²) in [5.41, 5.74) is -0.558. The van der Waals surface area contributed by atoms with E-state index in [2.05, 4.69) is 13.2 Å². The van der Waals surface area contributed by atoms with Crippen LogP contribution in [0.1, 0.15) is 38.5 Å². The maximum atomic E-state index is 12.6. The molecule has 2 aliphatic rings. The summed E-state index contributed by atoms with van der Waals surface area (Å²) in [6.07, 6.45) is 8.23. The number of rotatable bonds is 5. The molecule has 0 radical (unpaired) electrons. The first-order valence-electron chi connectivity index (χ1n) is 6.74. The number of ketones is 1. The maximum Gasteiger partial charge on any atom is 0.181 e. The Morgan fingerprint density at radius 2 is 1.78 bits per heavy atom. The topological polar surface area (TPSA) is 35.5 Å². The highest BCUT2D eigenvalue weighted by molar-refractivity contribution is 5.87. The molecule has 0 aromatic carbocycles. The minimum atomic E-state index is -0.709. The molecule has 18 heavy (non-hydrogen) atoms. The highest BCUT2D eigenvalue weighted by atomic mass is 16.7. The SMILES string of the molecule is C=CCC(=O)[C@@]1(CC=C)CCCCC12OCCO2. The minimum Gasteiger partial charge on any atom is -0.346 e. The van der Waals surface area contributed by atoms with Crippen LogP contribution in [0.25, 0.3) is 0 Å². The van der Waals surface area contributed by atoms with Crippen LogP contribution in [0.5, 0.6) is 0 Å². The zero-order valence-corrected chi connectivity index (χ0v) is 11.0. The second-order valence-corrected chi connectivity index (χ2v) is 5.15. The molecule has 100 valence electrons. The van der Waals surface area contributed by atoms with Crippen LogP contribution >= 0.6 is 0 Å². The molecule has 2 fully saturated rings. The van der Waals surface area contributed by atoms with Crippen molar-refractivity contribution in [1.29, 1.82) is 0 Å². The molecule has 1 aliphatic heterocycles. The van der Waals surface area contributed by atoms with Crippen molar-refractivity contribution < 1.29 is 14.3 Å². The van der Waals surface area contributed by atoms with Crippen molar-refractivity contribution in [1.82, 2.24) is 0 Å². The van der Waals surface area contributed by atoms with Crippen molar-refractivity contribution in [2.24, 2.45) is 5.41 Å². The molecule has 0 N–H and O–H groups in total. The standard InChI is InChI=1S/C15H22O3/c1-3-7-13(16)14(8-4-2)9-5-6-10-15(14)17-11-12-18-15/h3-4H,1-2,5-12H2/t14-/m1/s1. The van der Waals surface area contributed by atoms with Gasteiger partial charge in [-0.05, 0) is 19.3 Å². The predicted octanol–water partition coefficient (Wildman–Crippen LogP) is 3.01. The van der Waals surface area contributed by atoms with Gasteiger partial charge in [-0.1, -0.05) is 18.6 Å². The van der Waals surface area contributed by atoms with Gasteiger partial charge in [0.15, 0.2) is 5.79 Å². The van der Waals surface area contributed by atoms with E-state index in [1.54, 1.807) is 6.08 Å². The predicted molar refractivity (Wildman–Crippen MR) is 70.2 cm³/mol. The van der Waals surface area contributed by atoms with Gasteiger partial charge < -0.3 is 9.47 Å². The summed E-state index contributed by atoms with van der Waals surface area (Å²) in [4.78, 5) is 12.6. The van der Waals surface area contributed by atoms with Crippen LogP contribution in [0.2, 0.25) is 0 Å². The first-order valence-corrected chi connectivity index (χ1v) is 6.74. The van der Waals surface area contributed by atoms with E-state index in [9.17, 15) is 4.79 Å². The fourth-order valence-corrected chi connectivity index (χ4v) is 3.39. The Bertz CT molecular complexity index is 342. The van der Waals surface area contributed by atoms with Crippen LogP contribution in [0.3, 0.4) is 0 Å². The third-order valence-electron chi connectivity index (χ3n) is 4.20. The zero-order chi connectivity index (χ0) is 13.1. The van der Waals surface area contributed by atoms with Crippen LogP contribution in [0, 0.1) is 5.41 Å². The summed E-state index contributed by atoms with van der Waals surface area (Å²) in [6, 6.07) is 0.